The SMILES string of the molecule is CCS(=O)(=O)CC1(O)CCCCC1n1cnc(C(=O)N2CCNC[C@H]2Cc2ccccc2)c1-c1ccccc1.Cl. The number of aromatic nitrogens is 2. The molecule has 1 aromatic heterocycles. The number of hydrogen-bond acceptors (Lipinski definition) is 6. The molecule has 3 aromatic rings. The maximum absolute atomic E-state index is 14.2. The van der Waals surface area contributed by atoms with Gasteiger partial charge in [-0.2, -0.15) is 0 Å². The van der Waals surface area contributed by atoms with Crippen LogP contribution in [-0.2, 0) is 16.3 Å². The van der Waals surface area contributed by atoms with Crippen LogP contribution in [0.3, 0.4) is 0 Å². The molecule has 0 bridgehead atoms. The van der Waals surface area contributed by atoms with Gasteiger partial charge >= 0.3 is 0 Å². The van der Waals surface area contributed by atoms with Crippen LogP contribution in [0.5, 0.6) is 0 Å². The van der Waals surface area contributed by atoms with Crippen molar-refractivity contribution in [1.82, 2.24) is 19.8 Å². The lowest BCUT2D eigenvalue weighted by molar-refractivity contribution is -0.0212. The van der Waals surface area contributed by atoms with Crippen LogP contribution < -0.4 is 5.32 Å². The summed E-state index contributed by atoms with van der Waals surface area (Å²) in [5.41, 5.74) is 1.54. The molecule has 216 valence electrons. The van der Waals surface area contributed by atoms with E-state index >= 15 is 0 Å². The molecule has 2 heterocycles. The topological polar surface area (TPSA) is 105 Å². The number of nitrogens with zero attached hydrogens (tertiary/aromatic N) is 3. The zero-order valence-electron chi connectivity index (χ0n) is 22.9. The third-order valence-electron chi connectivity index (χ3n) is 8.17. The molecule has 0 spiro atoms. The quantitative estimate of drug-likeness (QED) is 0.415. The molecule has 2 N–H and O–H groups in total. The van der Waals surface area contributed by atoms with Gasteiger partial charge in [0.1, 0.15) is 0 Å². The lowest BCUT2D eigenvalue weighted by atomic mass is 9.81. The van der Waals surface area contributed by atoms with E-state index in [4.69, 9.17) is 0 Å². The van der Waals surface area contributed by atoms with Crippen LogP contribution in [0, 0.1) is 0 Å². The summed E-state index contributed by atoms with van der Waals surface area (Å²) in [4.78, 5) is 20.8. The molecule has 8 nitrogen and oxygen atoms in total. The molecule has 1 saturated heterocycles. The number of nitrogens with one attached hydrogen (secondary N) is 1. The second-order valence-corrected chi connectivity index (χ2v) is 13.2. The van der Waals surface area contributed by atoms with Gasteiger partial charge in [-0.1, -0.05) is 80.4 Å². The van der Waals surface area contributed by atoms with Gasteiger partial charge in [0.15, 0.2) is 15.5 Å². The third kappa shape index (κ3) is 6.43. The highest BCUT2D eigenvalue weighted by atomic mass is 35.5. The molecule has 1 aliphatic heterocycles. The fourth-order valence-corrected chi connectivity index (χ4v) is 7.42. The van der Waals surface area contributed by atoms with Crippen LogP contribution in [0.15, 0.2) is 67.0 Å². The van der Waals surface area contributed by atoms with Crippen LogP contribution in [0.1, 0.15) is 54.7 Å². The Hall–Kier alpha value is -2.72. The Balaban J connectivity index is 0.00000370. The van der Waals surface area contributed by atoms with Crippen LogP contribution in [0.2, 0.25) is 0 Å². The van der Waals surface area contributed by atoms with Crippen molar-refractivity contribution in [3.63, 3.8) is 0 Å². The molecule has 40 heavy (non-hydrogen) atoms. The molecule has 1 amide bonds. The number of amides is 1. The van der Waals surface area contributed by atoms with E-state index in [2.05, 4.69) is 22.4 Å². The molecule has 1 saturated carbocycles. The Morgan fingerprint density at radius 1 is 1.10 bits per heavy atom. The number of aliphatic hydroxyl groups is 1. The van der Waals surface area contributed by atoms with E-state index in [0.717, 1.165) is 24.8 Å². The second kappa shape index (κ2) is 12.9. The number of piperazine rings is 1. The first-order valence-corrected chi connectivity index (χ1v) is 15.7. The predicted molar refractivity (Wildman–Crippen MR) is 160 cm³/mol. The number of benzene rings is 2. The minimum atomic E-state index is -3.43. The van der Waals surface area contributed by atoms with Gasteiger partial charge in [-0.3, -0.25) is 4.79 Å². The normalized spacial score (nSPS) is 23.4. The van der Waals surface area contributed by atoms with Crippen molar-refractivity contribution in [3.8, 4) is 11.3 Å². The highest BCUT2D eigenvalue weighted by molar-refractivity contribution is 7.91. The first kappa shape index (κ1) is 30.2. The van der Waals surface area contributed by atoms with E-state index in [9.17, 15) is 18.3 Å². The van der Waals surface area contributed by atoms with Crippen LogP contribution in [0.4, 0.5) is 0 Å². The van der Waals surface area contributed by atoms with E-state index < -0.39 is 21.5 Å². The minimum Gasteiger partial charge on any atom is -0.387 e. The van der Waals surface area contributed by atoms with Crippen LogP contribution in [0.25, 0.3) is 11.3 Å². The first-order chi connectivity index (χ1) is 18.8. The lowest BCUT2D eigenvalue weighted by Crippen LogP contribution is -2.54. The Morgan fingerprint density at radius 2 is 1.80 bits per heavy atom. The van der Waals surface area contributed by atoms with Crippen LogP contribution in [-0.4, -0.2) is 76.7 Å². The van der Waals surface area contributed by atoms with Gasteiger partial charge in [0.25, 0.3) is 5.91 Å². The minimum absolute atomic E-state index is 0. The molecule has 2 unspecified atom stereocenters. The van der Waals surface area contributed by atoms with Gasteiger partial charge in [0.2, 0.25) is 0 Å². The van der Waals surface area contributed by atoms with Gasteiger partial charge in [-0.25, -0.2) is 13.4 Å². The fourth-order valence-electron chi connectivity index (χ4n) is 6.12. The molecule has 2 aromatic carbocycles. The first-order valence-electron chi connectivity index (χ1n) is 13.9. The lowest BCUT2D eigenvalue weighted by Gasteiger charge is -2.41. The number of sulfone groups is 1. The molecule has 3 atom stereocenters. The smallest absolute Gasteiger partial charge is 0.275 e. The summed E-state index contributed by atoms with van der Waals surface area (Å²) in [6.45, 7) is 3.58. The number of halogens is 1. The summed E-state index contributed by atoms with van der Waals surface area (Å²) < 4.78 is 27.2. The largest absolute Gasteiger partial charge is 0.387 e. The van der Waals surface area contributed by atoms with E-state index in [1.54, 1.807) is 13.3 Å². The van der Waals surface area contributed by atoms with Gasteiger partial charge in [-0.15, -0.1) is 12.4 Å². The van der Waals surface area contributed by atoms with Crippen LogP contribution >= 0.6 is 12.4 Å². The van der Waals surface area contributed by atoms with Crippen molar-refractivity contribution in [3.05, 3.63) is 78.2 Å². The Kier molecular flexibility index (Phi) is 9.72. The monoisotopic (exact) mass is 586 g/mol. The Bertz CT molecular complexity index is 1380. The standard InChI is InChI=1S/C30H38N4O4S.ClH/c1-2-39(37,38)21-30(36)16-10-9-15-26(30)34-22-32-27(28(34)24-13-7-4-8-14-24)29(35)33-18-17-31-20-25(33)19-23-11-5-3-6-12-23;/h3-8,11-14,22,25-26,31,36H,2,9-10,15-21H2,1H3;1H/t25-,26?,30?;/m1./s1. The van der Waals surface area contributed by atoms with Gasteiger partial charge < -0.3 is 19.9 Å². The molecular formula is C30H39ClN4O4S. The summed E-state index contributed by atoms with van der Waals surface area (Å²) in [6, 6.07) is 19.3. The second-order valence-electron chi connectivity index (χ2n) is 10.8. The van der Waals surface area contributed by atoms with Crippen molar-refractivity contribution in [1.29, 1.82) is 0 Å². The summed E-state index contributed by atoms with van der Waals surface area (Å²) in [6.07, 6.45) is 5.00. The molecule has 0 radical (unpaired) electrons. The van der Waals surface area contributed by atoms with E-state index in [0.29, 0.717) is 43.9 Å². The Morgan fingerprint density at radius 3 is 2.50 bits per heavy atom. The molecule has 1 aliphatic carbocycles. The van der Waals surface area contributed by atoms with Crippen molar-refractivity contribution >= 4 is 28.2 Å². The predicted octanol–water partition coefficient (Wildman–Crippen LogP) is 3.91. The molecule has 2 aliphatic rings. The van der Waals surface area contributed by atoms with Gasteiger partial charge in [0, 0.05) is 37.0 Å². The molecule has 5 rings (SSSR count). The molecule has 2 fully saturated rings. The highest BCUT2D eigenvalue weighted by Gasteiger charge is 2.44. The Labute approximate surface area is 243 Å². The van der Waals surface area contributed by atoms with Gasteiger partial charge in [0.05, 0.1) is 29.4 Å². The fraction of sp³-hybridized carbons (Fsp3) is 0.467. The summed E-state index contributed by atoms with van der Waals surface area (Å²) in [5.74, 6) is -0.462. The molecular weight excluding hydrogens is 548 g/mol. The number of hydrogen-bond donors (Lipinski definition) is 2. The highest BCUT2D eigenvalue weighted by Crippen LogP contribution is 2.42. The van der Waals surface area contributed by atoms with Crippen molar-refractivity contribution in [2.24, 2.45) is 0 Å². The van der Waals surface area contributed by atoms with Crippen molar-refractivity contribution in [2.45, 2.75) is 56.7 Å². The number of carbonyl (C=O) groups excluding carboxylic acids is 1. The maximum Gasteiger partial charge on any atom is 0.275 e. The average Bonchev–Trinajstić information content (AvgIpc) is 3.38. The van der Waals surface area contributed by atoms with Crippen molar-refractivity contribution < 1.29 is 18.3 Å². The number of carbonyl (C=O) groups is 1. The molecule has 10 heteroatoms. The van der Waals surface area contributed by atoms with E-state index in [1.807, 2.05) is 58.0 Å². The van der Waals surface area contributed by atoms with E-state index in [1.165, 1.54) is 5.56 Å². The number of rotatable bonds is 8. The maximum atomic E-state index is 14.2. The zero-order valence-corrected chi connectivity index (χ0v) is 24.5. The summed E-state index contributed by atoms with van der Waals surface area (Å²) in [7, 11) is -3.43. The van der Waals surface area contributed by atoms with Crippen molar-refractivity contribution in [2.75, 3.05) is 31.1 Å². The average molecular weight is 587 g/mol. The van der Waals surface area contributed by atoms with E-state index in [-0.39, 0.29) is 35.9 Å². The zero-order chi connectivity index (χ0) is 27.5. The summed E-state index contributed by atoms with van der Waals surface area (Å²) in [5, 5.41) is 15.2. The number of imidazole rings is 1. The van der Waals surface area contributed by atoms with Gasteiger partial charge in [-0.05, 0) is 24.8 Å². The summed E-state index contributed by atoms with van der Waals surface area (Å²) >= 11 is 0. The third-order valence-corrected chi connectivity index (χ3v) is 9.99.